The van der Waals surface area contributed by atoms with Gasteiger partial charge in [-0.1, -0.05) is 103 Å². The lowest BCUT2D eigenvalue weighted by atomic mass is 9.76. The van der Waals surface area contributed by atoms with Gasteiger partial charge in [-0.3, -0.25) is 14.9 Å². The Hall–Kier alpha value is -4.07. The molecule has 208 valence electrons. The van der Waals surface area contributed by atoms with Gasteiger partial charge in [0.25, 0.3) is 0 Å². The van der Waals surface area contributed by atoms with Crippen molar-refractivity contribution >= 4 is 23.6 Å². The van der Waals surface area contributed by atoms with Crippen molar-refractivity contribution < 1.29 is 14.7 Å². The lowest BCUT2D eigenvalue weighted by molar-refractivity contribution is -0.154. The van der Waals surface area contributed by atoms with E-state index in [9.17, 15) is 14.7 Å². The Bertz CT molecular complexity index is 1430. The zero-order chi connectivity index (χ0) is 28.6. The van der Waals surface area contributed by atoms with Crippen molar-refractivity contribution in [3.63, 3.8) is 0 Å². The van der Waals surface area contributed by atoms with Crippen molar-refractivity contribution in [2.45, 2.75) is 48.1 Å². The van der Waals surface area contributed by atoms with Gasteiger partial charge in [0.2, 0.25) is 11.8 Å². The number of β-lactam (4-membered cyclic amide) rings is 1. The molecule has 2 aliphatic rings. The topological polar surface area (TPSA) is 81.7 Å². The minimum atomic E-state index is -0.778. The monoisotopic (exact) mass is 563 g/mol. The highest BCUT2D eigenvalue weighted by Gasteiger charge is 2.64. The van der Waals surface area contributed by atoms with Gasteiger partial charge < -0.3 is 15.3 Å². The van der Waals surface area contributed by atoms with Gasteiger partial charge in [0.15, 0.2) is 0 Å². The fourth-order valence-electron chi connectivity index (χ4n) is 6.12. The number of amides is 2. The van der Waals surface area contributed by atoms with Crippen LogP contribution in [0.4, 0.5) is 0 Å². The molecule has 3 atom stereocenters. The fraction of sp³-hybridized carbons (Fsp3) is 0.235. The molecular formula is C34H33N3O3S. The number of nitrogens with one attached hydrogen (secondary N) is 2. The Morgan fingerprint density at radius 3 is 1.80 bits per heavy atom. The van der Waals surface area contributed by atoms with E-state index in [4.69, 9.17) is 0 Å². The lowest BCUT2D eigenvalue weighted by Crippen LogP contribution is -2.73. The summed E-state index contributed by atoms with van der Waals surface area (Å²) in [7, 11) is 0. The maximum absolute atomic E-state index is 14.0. The molecule has 41 heavy (non-hydrogen) atoms. The standard InChI is InChI=1S/C34H33N3O3S/c1-33(2)29(30(39)35-22-23-18-20-27(38)21-19-23)37-31(40)28(32(37)41-33)36-34(24-12-6-3-7-13-24,25-14-8-4-9-15-25)26-16-10-5-11-17-26/h3-21,28-29,32,36,38H,22H2,1-2H3,(H,35,39). The summed E-state index contributed by atoms with van der Waals surface area (Å²) < 4.78 is -0.481. The second-order valence-electron chi connectivity index (χ2n) is 11.1. The first-order valence-corrected chi connectivity index (χ1v) is 14.7. The smallest absolute Gasteiger partial charge is 0.244 e. The summed E-state index contributed by atoms with van der Waals surface area (Å²) in [5.74, 6) is -0.0751. The number of hydrogen-bond acceptors (Lipinski definition) is 5. The van der Waals surface area contributed by atoms with Crippen LogP contribution in [0, 0.1) is 0 Å². The Kier molecular flexibility index (Phi) is 7.09. The summed E-state index contributed by atoms with van der Waals surface area (Å²) >= 11 is 1.66. The molecule has 2 amide bonds. The van der Waals surface area contributed by atoms with E-state index in [-0.39, 0.29) is 22.9 Å². The molecule has 3 N–H and O–H groups in total. The molecule has 7 heteroatoms. The van der Waals surface area contributed by atoms with Crippen LogP contribution in [0.2, 0.25) is 0 Å². The molecule has 6 nitrogen and oxygen atoms in total. The summed E-state index contributed by atoms with van der Waals surface area (Å²) in [5.41, 5.74) is 3.21. The number of phenols is 1. The van der Waals surface area contributed by atoms with Gasteiger partial charge in [0, 0.05) is 11.3 Å². The number of hydrogen-bond donors (Lipinski definition) is 3. The van der Waals surface area contributed by atoms with Gasteiger partial charge in [-0.15, -0.1) is 11.8 Å². The SMILES string of the molecule is CC1(C)SC2C(NC(c3ccccc3)(c3ccccc3)c3ccccc3)C(=O)N2C1C(=O)NCc1ccc(O)cc1. The van der Waals surface area contributed by atoms with E-state index in [2.05, 4.69) is 47.0 Å². The number of phenolic OH excluding ortho intramolecular Hbond substituents is 1. The van der Waals surface area contributed by atoms with E-state index in [0.717, 1.165) is 22.3 Å². The van der Waals surface area contributed by atoms with Crippen LogP contribution in [0.3, 0.4) is 0 Å². The van der Waals surface area contributed by atoms with Crippen LogP contribution in [0.1, 0.15) is 36.1 Å². The number of carbonyl (C=O) groups excluding carboxylic acids is 2. The lowest BCUT2D eigenvalue weighted by Gasteiger charge is -2.49. The van der Waals surface area contributed by atoms with Gasteiger partial charge in [0.1, 0.15) is 23.2 Å². The zero-order valence-electron chi connectivity index (χ0n) is 23.0. The van der Waals surface area contributed by atoms with Crippen molar-refractivity contribution in [3.8, 4) is 5.75 Å². The molecule has 6 rings (SSSR count). The Morgan fingerprint density at radius 2 is 1.32 bits per heavy atom. The third-order valence-corrected chi connectivity index (χ3v) is 9.66. The zero-order valence-corrected chi connectivity index (χ0v) is 23.8. The molecular weight excluding hydrogens is 530 g/mol. The molecule has 4 aromatic carbocycles. The second kappa shape index (κ2) is 10.7. The molecule has 0 spiro atoms. The van der Waals surface area contributed by atoms with Gasteiger partial charge in [-0.2, -0.15) is 0 Å². The average Bonchev–Trinajstić information content (AvgIpc) is 3.26. The number of nitrogens with zero attached hydrogens (tertiary/aromatic N) is 1. The number of carbonyl (C=O) groups is 2. The number of benzene rings is 4. The first kappa shape index (κ1) is 27.1. The summed E-state index contributed by atoms with van der Waals surface area (Å²) in [5, 5.41) is 16.2. The first-order valence-electron chi connectivity index (χ1n) is 13.8. The molecule has 0 bridgehead atoms. The minimum absolute atomic E-state index is 0.0787. The van der Waals surface area contributed by atoms with Crippen LogP contribution in [0.5, 0.6) is 5.75 Å². The summed E-state index contributed by atoms with van der Waals surface area (Å²) in [6.07, 6.45) is 0. The molecule has 0 saturated carbocycles. The normalized spacial score (nSPS) is 21.2. The molecule has 3 unspecified atom stereocenters. The molecule has 0 aliphatic carbocycles. The van der Waals surface area contributed by atoms with Crippen LogP contribution >= 0.6 is 11.8 Å². The van der Waals surface area contributed by atoms with E-state index in [1.165, 1.54) is 0 Å². The van der Waals surface area contributed by atoms with E-state index in [1.807, 2.05) is 68.4 Å². The average molecular weight is 564 g/mol. The quantitative estimate of drug-likeness (QED) is 0.207. The maximum Gasteiger partial charge on any atom is 0.244 e. The number of aromatic hydroxyl groups is 1. The van der Waals surface area contributed by atoms with Crippen LogP contribution in [-0.4, -0.2) is 44.0 Å². The predicted octanol–water partition coefficient (Wildman–Crippen LogP) is 5.02. The molecule has 2 heterocycles. The summed E-state index contributed by atoms with van der Waals surface area (Å²) in [6, 6.07) is 36.4. The molecule has 0 radical (unpaired) electrons. The molecule has 2 saturated heterocycles. The first-order chi connectivity index (χ1) is 19.8. The fourth-order valence-corrected chi connectivity index (χ4v) is 7.75. The third kappa shape index (κ3) is 4.79. The molecule has 0 aromatic heterocycles. The van der Waals surface area contributed by atoms with Crippen LogP contribution < -0.4 is 10.6 Å². The van der Waals surface area contributed by atoms with Crippen LogP contribution in [-0.2, 0) is 21.7 Å². The van der Waals surface area contributed by atoms with Gasteiger partial charge in [-0.05, 0) is 48.2 Å². The minimum Gasteiger partial charge on any atom is -0.508 e. The number of fused-ring (bicyclic) bond motifs is 1. The molecule has 4 aromatic rings. The van der Waals surface area contributed by atoms with E-state index < -0.39 is 22.4 Å². The predicted molar refractivity (Wildman–Crippen MR) is 162 cm³/mol. The largest absolute Gasteiger partial charge is 0.508 e. The molecule has 2 fully saturated rings. The molecule has 2 aliphatic heterocycles. The Balaban J connectivity index is 1.32. The van der Waals surface area contributed by atoms with E-state index in [1.54, 1.807) is 40.9 Å². The van der Waals surface area contributed by atoms with Crippen molar-refractivity contribution in [2.24, 2.45) is 0 Å². The van der Waals surface area contributed by atoms with Crippen molar-refractivity contribution in [1.82, 2.24) is 15.5 Å². The van der Waals surface area contributed by atoms with Crippen molar-refractivity contribution in [1.29, 1.82) is 0 Å². The third-order valence-electron chi connectivity index (χ3n) is 8.08. The summed E-state index contributed by atoms with van der Waals surface area (Å²) in [4.78, 5) is 29.2. The number of rotatable bonds is 8. The highest BCUT2D eigenvalue weighted by atomic mass is 32.2. The van der Waals surface area contributed by atoms with Gasteiger partial charge in [-0.25, -0.2) is 0 Å². The van der Waals surface area contributed by atoms with E-state index in [0.29, 0.717) is 6.54 Å². The van der Waals surface area contributed by atoms with Crippen molar-refractivity contribution in [3.05, 3.63) is 138 Å². The Labute approximate surface area is 244 Å². The second-order valence-corrected chi connectivity index (χ2v) is 12.9. The highest BCUT2D eigenvalue weighted by Crippen LogP contribution is 2.52. The van der Waals surface area contributed by atoms with Crippen LogP contribution in [0.15, 0.2) is 115 Å². The van der Waals surface area contributed by atoms with Gasteiger partial charge >= 0.3 is 0 Å². The van der Waals surface area contributed by atoms with Gasteiger partial charge in [0.05, 0.1) is 5.54 Å². The van der Waals surface area contributed by atoms with E-state index >= 15 is 0 Å². The Morgan fingerprint density at radius 1 is 0.829 bits per heavy atom. The van der Waals surface area contributed by atoms with Crippen LogP contribution in [0.25, 0.3) is 0 Å². The summed E-state index contributed by atoms with van der Waals surface area (Å²) in [6.45, 7) is 4.39. The highest BCUT2D eigenvalue weighted by molar-refractivity contribution is 8.01. The number of thioether (sulfide) groups is 1. The maximum atomic E-state index is 14.0. The van der Waals surface area contributed by atoms with Crippen molar-refractivity contribution in [2.75, 3.05) is 0 Å².